The molecule has 0 aromatic heterocycles. The summed E-state index contributed by atoms with van der Waals surface area (Å²) in [5, 5.41) is 0. The molecule has 4 rings (SSSR count). The van der Waals surface area contributed by atoms with Gasteiger partial charge in [0.2, 0.25) is 21.8 Å². The fraction of sp³-hybridized carbons (Fsp3) is 0.600. The molecule has 3 saturated heterocycles. The molecule has 9 heteroatoms. The lowest BCUT2D eigenvalue weighted by atomic mass is 10.3. The fourth-order valence-electron chi connectivity index (χ4n) is 4.25. The average molecular weight is 421 g/mol. The van der Waals surface area contributed by atoms with Crippen molar-refractivity contribution in [3.63, 3.8) is 0 Å². The average Bonchev–Trinajstić information content (AvgIpc) is 3.40. The number of sulfonamides is 1. The first-order valence-electron chi connectivity index (χ1n) is 10.4. The lowest BCUT2D eigenvalue weighted by Gasteiger charge is -2.34. The molecule has 0 spiro atoms. The van der Waals surface area contributed by atoms with E-state index in [0.717, 1.165) is 38.0 Å². The molecule has 3 heterocycles. The number of nitrogens with zero attached hydrogens (tertiary/aromatic N) is 4. The molecule has 29 heavy (non-hydrogen) atoms. The molecule has 0 aliphatic carbocycles. The molecule has 158 valence electrons. The zero-order valence-electron chi connectivity index (χ0n) is 16.6. The number of hydrogen-bond acceptors (Lipinski definition) is 5. The summed E-state index contributed by atoms with van der Waals surface area (Å²) in [6.07, 6.45) is 3.53. The van der Waals surface area contributed by atoms with E-state index in [4.69, 9.17) is 0 Å². The van der Waals surface area contributed by atoms with Crippen LogP contribution in [0.4, 0.5) is 5.69 Å². The Labute approximate surface area is 172 Å². The molecule has 1 aromatic rings. The van der Waals surface area contributed by atoms with Crippen LogP contribution in [0.2, 0.25) is 0 Å². The fourth-order valence-corrected chi connectivity index (χ4v) is 5.68. The molecule has 0 bridgehead atoms. The third kappa shape index (κ3) is 4.31. The first-order valence-corrected chi connectivity index (χ1v) is 11.8. The Morgan fingerprint density at radius 2 is 1.52 bits per heavy atom. The van der Waals surface area contributed by atoms with Gasteiger partial charge in [0.05, 0.1) is 11.4 Å². The number of anilines is 1. The Kier molecular flexibility index (Phi) is 5.89. The topological polar surface area (TPSA) is 81.2 Å². The molecule has 0 atom stereocenters. The SMILES string of the molecule is O=C(CN1CCN(S(=O)(=O)c2ccc(N3CCCC3=O)cc2)CC1)N1CCCC1. The Hall–Kier alpha value is -1.97. The highest BCUT2D eigenvalue weighted by Gasteiger charge is 2.30. The van der Waals surface area contributed by atoms with Gasteiger partial charge in [0.15, 0.2) is 0 Å². The third-order valence-corrected chi connectivity index (χ3v) is 7.92. The van der Waals surface area contributed by atoms with Crippen molar-refractivity contribution >= 4 is 27.5 Å². The van der Waals surface area contributed by atoms with E-state index in [1.807, 2.05) is 9.80 Å². The van der Waals surface area contributed by atoms with Gasteiger partial charge in [-0.3, -0.25) is 14.5 Å². The maximum atomic E-state index is 13.0. The van der Waals surface area contributed by atoms with E-state index in [0.29, 0.717) is 45.7 Å². The molecule has 0 radical (unpaired) electrons. The highest BCUT2D eigenvalue weighted by atomic mass is 32.2. The second-order valence-electron chi connectivity index (χ2n) is 7.91. The van der Waals surface area contributed by atoms with Crippen molar-refractivity contribution < 1.29 is 18.0 Å². The van der Waals surface area contributed by atoms with E-state index in [2.05, 4.69) is 0 Å². The Balaban J connectivity index is 1.35. The van der Waals surface area contributed by atoms with Gasteiger partial charge in [-0.05, 0) is 43.5 Å². The summed E-state index contributed by atoms with van der Waals surface area (Å²) in [5.74, 6) is 0.228. The summed E-state index contributed by atoms with van der Waals surface area (Å²) in [5.41, 5.74) is 0.747. The van der Waals surface area contributed by atoms with Crippen molar-refractivity contribution in [2.45, 2.75) is 30.6 Å². The quantitative estimate of drug-likeness (QED) is 0.702. The van der Waals surface area contributed by atoms with Gasteiger partial charge in [-0.2, -0.15) is 4.31 Å². The minimum Gasteiger partial charge on any atom is -0.342 e. The predicted molar refractivity (Wildman–Crippen MR) is 109 cm³/mol. The number of hydrogen-bond donors (Lipinski definition) is 0. The molecule has 0 saturated carbocycles. The van der Waals surface area contributed by atoms with Crippen LogP contribution in [0.25, 0.3) is 0 Å². The Morgan fingerprint density at radius 3 is 2.10 bits per heavy atom. The maximum absolute atomic E-state index is 13.0. The molecule has 3 aliphatic rings. The standard InChI is InChI=1S/C20H28N4O4S/c25-19-4-3-11-24(19)17-5-7-18(8-6-17)29(27,28)23-14-12-21(13-15-23)16-20(26)22-9-1-2-10-22/h5-8H,1-4,9-16H2. The van der Waals surface area contributed by atoms with Crippen LogP contribution in [-0.4, -0.2) is 86.7 Å². The van der Waals surface area contributed by atoms with E-state index in [1.165, 1.54) is 4.31 Å². The zero-order valence-corrected chi connectivity index (χ0v) is 17.4. The Bertz CT molecular complexity index is 857. The minimum atomic E-state index is -3.58. The predicted octanol–water partition coefficient (Wildman–Crippen LogP) is 0.742. The van der Waals surface area contributed by atoms with Crippen molar-refractivity contribution in [1.29, 1.82) is 0 Å². The lowest BCUT2D eigenvalue weighted by Crippen LogP contribution is -2.51. The van der Waals surface area contributed by atoms with Crippen LogP contribution in [0.3, 0.4) is 0 Å². The largest absolute Gasteiger partial charge is 0.342 e. The molecule has 1 aromatic carbocycles. The van der Waals surface area contributed by atoms with Crippen LogP contribution in [0.5, 0.6) is 0 Å². The van der Waals surface area contributed by atoms with Crippen molar-refractivity contribution in [1.82, 2.24) is 14.1 Å². The Morgan fingerprint density at radius 1 is 0.862 bits per heavy atom. The number of rotatable bonds is 5. The number of likely N-dealkylation sites (tertiary alicyclic amines) is 1. The molecule has 2 amide bonds. The summed E-state index contributed by atoms with van der Waals surface area (Å²) >= 11 is 0. The van der Waals surface area contributed by atoms with Gasteiger partial charge in [-0.1, -0.05) is 0 Å². The molecule has 3 fully saturated rings. The van der Waals surface area contributed by atoms with Gasteiger partial charge < -0.3 is 9.80 Å². The normalized spacial score (nSPS) is 21.9. The second kappa shape index (κ2) is 8.41. The van der Waals surface area contributed by atoms with E-state index in [9.17, 15) is 18.0 Å². The van der Waals surface area contributed by atoms with E-state index < -0.39 is 10.0 Å². The summed E-state index contributed by atoms with van der Waals surface area (Å²) in [6.45, 7) is 4.59. The number of carbonyl (C=O) groups excluding carboxylic acids is 2. The van der Waals surface area contributed by atoms with Gasteiger partial charge >= 0.3 is 0 Å². The molecule has 0 unspecified atom stereocenters. The monoisotopic (exact) mass is 420 g/mol. The van der Waals surface area contributed by atoms with Gasteiger partial charge in [-0.15, -0.1) is 0 Å². The van der Waals surface area contributed by atoms with Gasteiger partial charge in [0.25, 0.3) is 0 Å². The molecular weight excluding hydrogens is 392 g/mol. The number of carbonyl (C=O) groups is 2. The highest BCUT2D eigenvalue weighted by molar-refractivity contribution is 7.89. The van der Waals surface area contributed by atoms with Crippen molar-refractivity contribution in [3.8, 4) is 0 Å². The van der Waals surface area contributed by atoms with Gasteiger partial charge in [0, 0.05) is 57.9 Å². The first-order chi connectivity index (χ1) is 13.9. The van der Waals surface area contributed by atoms with Crippen molar-refractivity contribution in [2.24, 2.45) is 0 Å². The van der Waals surface area contributed by atoms with Crippen LogP contribution in [0.15, 0.2) is 29.2 Å². The summed E-state index contributed by atoms with van der Waals surface area (Å²) in [7, 11) is -3.58. The molecule has 0 N–H and O–H groups in total. The van der Waals surface area contributed by atoms with E-state index in [1.54, 1.807) is 29.2 Å². The number of amides is 2. The van der Waals surface area contributed by atoms with Crippen molar-refractivity contribution in [3.05, 3.63) is 24.3 Å². The zero-order chi connectivity index (χ0) is 20.4. The van der Waals surface area contributed by atoms with Gasteiger partial charge in [-0.25, -0.2) is 8.42 Å². The molecule has 8 nitrogen and oxygen atoms in total. The van der Waals surface area contributed by atoms with Gasteiger partial charge in [0.1, 0.15) is 0 Å². The van der Waals surface area contributed by atoms with Crippen molar-refractivity contribution in [2.75, 3.05) is 57.3 Å². The van der Waals surface area contributed by atoms with E-state index >= 15 is 0 Å². The van der Waals surface area contributed by atoms with Crippen LogP contribution in [-0.2, 0) is 19.6 Å². The first kappa shape index (κ1) is 20.3. The summed E-state index contributed by atoms with van der Waals surface area (Å²) in [6, 6.07) is 6.58. The number of piperazine rings is 1. The minimum absolute atomic E-state index is 0.0835. The number of benzene rings is 1. The van der Waals surface area contributed by atoms with Crippen LogP contribution >= 0.6 is 0 Å². The lowest BCUT2D eigenvalue weighted by molar-refractivity contribution is -0.131. The van der Waals surface area contributed by atoms with E-state index in [-0.39, 0.29) is 16.7 Å². The maximum Gasteiger partial charge on any atom is 0.243 e. The summed E-state index contributed by atoms with van der Waals surface area (Å²) < 4.78 is 27.4. The second-order valence-corrected chi connectivity index (χ2v) is 9.85. The molecule has 3 aliphatic heterocycles. The highest BCUT2D eigenvalue weighted by Crippen LogP contribution is 2.25. The van der Waals surface area contributed by atoms with Crippen LogP contribution in [0.1, 0.15) is 25.7 Å². The third-order valence-electron chi connectivity index (χ3n) is 6.01. The van der Waals surface area contributed by atoms with Crippen LogP contribution < -0.4 is 4.90 Å². The van der Waals surface area contributed by atoms with Crippen LogP contribution in [0, 0.1) is 0 Å². The smallest absolute Gasteiger partial charge is 0.243 e. The molecular formula is C20H28N4O4S. The summed E-state index contributed by atoms with van der Waals surface area (Å²) in [4.78, 5) is 30.0.